The molecule has 11 heteroatoms. The number of rotatable bonds is 10. The number of nitrogens with one attached hydrogen (secondary N) is 4. The number of ether oxygens (including phenoxy) is 1. The largest absolute Gasteiger partial charge is 0.466 e. The van der Waals surface area contributed by atoms with E-state index < -0.39 is 23.8 Å². The van der Waals surface area contributed by atoms with Crippen LogP contribution in [0.25, 0.3) is 10.4 Å². The Morgan fingerprint density at radius 2 is 1.74 bits per heavy atom. The summed E-state index contributed by atoms with van der Waals surface area (Å²) in [5.41, 5.74) is 7.00. The number of hydrogen-bond acceptors (Lipinski definition) is 7. The SMILES string of the molecule is CCOC(=O)CC(NC(=O)CNC(=O)c1nc(NC(=N)N)sc1-c1ccccc1)c1ccccc1. The highest BCUT2D eigenvalue weighted by atomic mass is 32.1. The van der Waals surface area contributed by atoms with Gasteiger partial charge in [0.1, 0.15) is 5.69 Å². The smallest absolute Gasteiger partial charge is 0.308 e. The van der Waals surface area contributed by atoms with E-state index in [0.717, 1.165) is 11.1 Å². The Balaban J connectivity index is 1.71. The van der Waals surface area contributed by atoms with E-state index in [-0.39, 0.29) is 36.4 Å². The normalized spacial score (nSPS) is 11.2. The molecule has 182 valence electrons. The number of carbonyl (C=O) groups is 3. The summed E-state index contributed by atoms with van der Waals surface area (Å²) in [6.45, 7) is 1.62. The third-order valence-corrected chi connectivity index (χ3v) is 5.76. The van der Waals surface area contributed by atoms with Gasteiger partial charge in [-0.2, -0.15) is 0 Å². The molecule has 0 spiro atoms. The second-order valence-corrected chi connectivity index (χ2v) is 8.32. The Kier molecular flexibility index (Phi) is 8.90. The molecule has 2 aromatic carbocycles. The molecule has 3 aromatic rings. The lowest BCUT2D eigenvalue weighted by Gasteiger charge is -2.18. The van der Waals surface area contributed by atoms with Gasteiger partial charge >= 0.3 is 5.97 Å². The van der Waals surface area contributed by atoms with Crippen LogP contribution in [0.4, 0.5) is 5.13 Å². The quantitative estimate of drug-likeness (QED) is 0.165. The summed E-state index contributed by atoms with van der Waals surface area (Å²) in [6.07, 6.45) is -0.0398. The summed E-state index contributed by atoms with van der Waals surface area (Å²) in [5.74, 6) is -1.78. The Hall–Kier alpha value is -4.25. The molecule has 0 aliphatic heterocycles. The lowest BCUT2D eigenvalue weighted by Crippen LogP contribution is -2.39. The average molecular weight is 495 g/mol. The van der Waals surface area contributed by atoms with Crippen LogP contribution in [0, 0.1) is 5.41 Å². The van der Waals surface area contributed by atoms with Gasteiger partial charge in [-0.25, -0.2) is 4.98 Å². The molecule has 10 nitrogen and oxygen atoms in total. The van der Waals surface area contributed by atoms with Gasteiger partial charge in [-0.05, 0) is 18.1 Å². The number of guanidine groups is 1. The monoisotopic (exact) mass is 494 g/mol. The number of carbonyl (C=O) groups excluding carboxylic acids is 3. The van der Waals surface area contributed by atoms with Gasteiger partial charge in [0, 0.05) is 0 Å². The summed E-state index contributed by atoms with van der Waals surface area (Å²) in [6, 6.07) is 17.6. The molecule has 1 unspecified atom stereocenters. The van der Waals surface area contributed by atoms with Crippen molar-refractivity contribution in [3.8, 4) is 10.4 Å². The van der Waals surface area contributed by atoms with Crippen LogP contribution < -0.4 is 21.7 Å². The van der Waals surface area contributed by atoms with Gasteiger partial charge in [0.2, 0.25) is 5.91 Å². The molecule has 3 rings (SSSR count). The number of amides is 2. The average Bonchev–Trinajstić information content (AvgIpc) is 3.26. The van der Waals surface area contributed by atoms with Crippen molar-refractivity contribution in [3.63, 3.8) is 0 Å². The zero-order chi connectivity index (χ0) is 25.2. The summed E-state index contributed by atoms with van der Waals surface area (Å²) >= 11 is 1.17. The fourth-order valence-corrected chi connectivity index (χ4v) is 4.22. The van der Waals surface area contributed by atoms with Gasteiger partial charge in [-0.15, -0.1) is 0 Å². The Morgan fingerprint density at radius 1 is 1.09 bits per heavy atom. The highest BCUT2D eigenvalue weighted by Crippen LogP contribution is 2.33. The number of benzene rings is 2. The Morgan fingerprint density at radius 3 is 2.37 bits per heavy atom. The van der Waals surface area contributed by atoms with E-state index in [1.165, 1.54) is 11.3 Å². The molecule has 0 saturated carbocycles. The van der Waals surface area contributed by atoms with Crippen LogP contribution >= 0.6 is 11.3 Å². The standard InChI is InChI=1S/C24H26N6O4S/c1-2-34-19(32)13-17(15-9-5-3-6-10-15)28-18(31)14-27-22(33)20-21(16-11-7-4-8-12-16)35-24(29-20)30-23(25)26/h3-12,17H,2,13-14H2,1H3,(H,27,33)(H,28,31)(H4,25,26,29,30). The molecule has 6 N–H and O–H groups in total. The minimum Gasteiger partial charge on any atom is -0.466 e. The third-order valence-electron chi connectivity index (χ3n) is 4.74. The first-order valence-electron chi connectivity index (χ1n) is 10.8. The molecule has 0 saturated heterocycles. The van der Waals surface area contributed by atoms with Crippen LogP contribution in [0.1, 0.15) is 35.4 Å². The minimum absolute atomic E-state index is 0.0398. The molecule has 35 heavy (non-hydrogen) atoms. The molecule has 0 aliphatic rings. The summed E-state index contributed by atoms with van der Waals surface area (Å²) < 4.78 is 5.02. The van der Waals surface area contributed by atoms with Crippen molar-refractivity contribution in [2.24, 2.45) is 5.73 Å². The van der Waals surface area contributed by atoms with Crippen LogP contribution in [0.15, 0.2) is 60.7 Å². The fraction of sp³-hybridized carbons (Fsp3) is 0.208. The first kappa shape index (κ1) is 25.4. The Labute approximate surface area is 206 Å². The number of nitrogens with zero attached hydrogens (tertiary/aromatic N) is 1. The molecule has 0 bridgehead atoms. The van der Waals surface area contributed by atoms with Gasteiger partial charge in [0.25, 0.3) is 5.91 Å². The number of nitrogens with two attached hydrogens (primary N) is 1. The van der Waals surface area contributed by atoms with Gasteiger partial charge in [0.05, 0.1) is 30.5 Å². The lowest BCUT2D eigenvalue weighted by atomic mass is 10.0. The predicted molar refractivity (Wildman–Crippen MR) is 134 cm³/mol. The zero-order valence-electron chi connectivity index (χ0n) is 19.0. The van der Waals surface area contributed by atoms with Crippen molar-refractivity contribution >= 4 is 40.2 Å². The third kappa shape index (κ3) is 7.37. The van der Waals surface area contributed by atoms with E-state index in [1.54, 1.807) is 31.2 Å². The number of esters is 1. The molecular weight excluding hydrogens is 468 g/mol. The maximum absolute atomic E-state index is 12.9. The molecular formula is C24H26N6O4S. The van der Waals surface area contributed by atoms with E-state index in [0.29, 0.717) is 4.88 Å². The van der Waals surface area contributed by atoms with Crippen LogP contribution in [0.2, 0.25) is 0 Å². The molecule has 0 radical (unpaired) electrons. The number of thiazole rings is 1. The van der Waals surface area contributed by atoms with Gasteiger partial charge < -0.3 is 26.4 Å². The molecule has 0 aliphatic carbocycles. The van der Waals surface area contributed by atoms with Gasteiger partial charge in [-0.3, -0.25) is 19.8 Å². The second-order valence-electron chi connectivity index (χ2n) is 7.32. The van der Waals surface area contributed by atoms with Crippen LogP contribution in [0.3, 0.4) is 0 Å². The number of aromatic nitrogens is 1. The van der Waals surface area contributed by atoms with Crippen LogP contribution in [-0.4, -0.2) is 41.9 Å². The second kappa shape index (κ2) is 12.3. The summed E-state index contributed by atoms with van der Waals surface area (Å²) in [5, 5.41) is 15.6. The van der Waals surface area contributed by atoms with E-state index in [9.17, 15) is 14.4 Å². The van der Waals surface area contributed by atoms with Crippen molar-refractivity contribution < 1.29 is 19.1 Å². The van der Waals surface area contributed by atoms with Crippen molar-refractivity contribution in [2.45, 2.75) is 19.4 Å². The molecule has 1 atom stereocenters. The highest BCUT2D eigenvalue weighted by molar-refractivity contribution is 7.19. The minimum atomic E-state index is -0.606. The van der Waals surface area contributed by atoms with Crippen molar-refractivity contribution in [1.29, 1.82) is 5.41 Å². The number of anilines is 1. The van der Waals surface area contributed by atoms with E-state index in [1.807, 2.05) is 36.4 Å². The zero-order valence-corrected chi connectivity index (χ0v) is 19.9. The van der Waals surface area contributed by atoms with Crippen molar-refractivity contribution in [3.05, 3.63) is 71.9 Å². The van der Waals surface area contributed by atoms with Crippen molar-refractivity contribution in [2.75, 3.05) is 18.5 Å². The molecule has 2 amide bonds. The lowest BCUT2D eigenvalue weighted by molar-refractivity contribution is -0.143. The topological polar surface area (TPSA) is 159 Å². The summed E-state index contributed by atoms with van der Waals surface area (Å²) in [4.78, 5) is 42.4. The number of hydrogen-bond donors (Lipinski definition) is 5. The highest BCUT2D eigenvalue weighted by Gasteiger charge is 2.22. The Bertz CT molecular complexity index is 1180. The predicted octanol–water partition coefficient (Wildman–Crippen LogP) is 2.66. The first-order chi connectivity index (χ1) is 16.9. The maximum atomic E-state index is 12.9. The molecule has 1 aromatic heterocycles. The van der Waals surface area contributed by atoms with Crippen molar-refractivity contribution in [1.82, 2.24) is 15.6 Å². The summed E-state index contributed by atoms with van der Waals surface area (Å²) in [7, 11) is 0. The first-order valence-corrected chi connectivity index (χ1v) is 11.6. The maximum Gasteiger partial charge on any atom is 0.308 e. The van der Waals surface area contributed by atoms with Crippen LogP contribution in [0.5, 0.6) is 0 Å². The molecule has 1 heterocycles. The molecule has 0 fully saturated rings. The fourth-order valence-electron chi connectivity index (χ4n) is 3.24. The van der Waals surface area contributed by atoms with E-state index in [4.69, 9.17) is 15.9 Å². The van der Waals surface area contributed by atoms with Crippen LogP contribution in [-0.2, 0) is 14.3 Å². The van der Waals surface area contributed by atoms with E-state index >= 15 is 0 Å². The van der Waals surface area contributed by atoms with E-state index in [2.05, 4.69) is 20.9 Å². The van der Waals surface area contributed by atoms with Gasteiger partial charge in [0.15, 0.2) is 11.1 Å². The van der Waals surface area contributed by atoms with Gasteiger partial charge in [-0.1, -0.05) is 72.0 Å².